The van der Waals surface area contributed by atoms with Crippen molar-refractivity contribution in [2.45, 2.75) is 24.6 Å². The van der Waals surface area contributed by atoms with Gasteiger partial charge in [0.2, 0.25) is 0 Å². The quantitative estimate of drug-likeness (QED) is 0.849. The van der Waals surface area contributed by atoms with Gasteiger partial charge in [0.05, 0.1) is 18.5 Å². The molecule has 0 aliphatic rings. The van der Waals surface area contributed by atoms with Crippen molar-refractivity contribution in [2.75, 3.05) is 6.54 Å². The Balaban J connectivity index is 2.33. The van der Waals surface area contributed by atoms with Crippen LogP contribution in [0.1, 0.15) is 18.4 Å². The molecule has 0 saturated carbocycles. The van der Waals surface area contributed by atoms with Crippen LogP contribution in [0.3, 0.4) is 0 Å². The zero-order valence-electron chi connectivity index (χ0n) is 10.5. The van der Waals surface area contributed by atoms with Crippen molar-refractivity contribution in [2.24, 2.45) is 0 Å². The van der Waals surface area contributed by atoms with E-state index in [9.17, 15) is 8.42 Å². The Morgan fingerprint density at radius 1 is 1.53 bits per heavy atom. The van der Waals surface area contributed by atoms with Crippen LogP contribution in [0.15, 0.2) is 27.0 Å². The summed E-state index contributed by atoms with van der Waals surface area (Å²) in [6, 6.07) is 3.47. The highest BCUT2D eigenvalue weighted by atomic mass is 35.5. The van der Waals surface area contributed by atoms with E-state index in [-0.39, 0.29) is 15.2 Å². The molecule has 2 aromatic heterocycles. The Kier molecular flexibility index (Phi) is 4.29. The molecule has 0 fully saturated rings. The number of furan rings is 1. The molecule has 0 unspecified atom stereocenters. The molecule has 0 aliphatic heterocycles. The summed E-state index contributed by atoms with van der Waals surface area (Å²) in [5, 5.41) is 0. The predicted octanol–water partition coefficient (Wildman–Crippen LogP) is 2.91. The van der Waals surface area contributed by atoms with E-state index in [1.165, 1.54) is 10.6 Å². The third-order valence-electron chi connectivity index (χ3n) is 2.57. The first kappa shape index (κ1) is 14.5. The van der Waals surface area contributed by atoms with E-state index in [0.717, 1.165) is 11.3 Å². The summed E-state index contributed by atoms with van der Waals surface area (Å²) in [4.78, 5) is 3.95. The maximum Gasteiger partial charge on any atom is 0.254 e. The van der Waals surface area contributed by atoms with Gasteiger partial charge in [-0.2, -0.15) is 4.31 Å². The summed E-state index contributed by atoms with van der Waals surface area (Å²) in [5.74, 6) is 0.596. The highest BCUT2D eigenvalue weighted by molar-refractivity contribution is 7.91. The van der Waals surface area contributed by atoms with Crippen molar-refractivity contribution in [3.05, 3.63) is 34.3 Å². The Labute approximate surface area is 120 Å². The molecule has 8 heteroatoms. The summed E-state index contributed by atoms with van der Waals surface area (Å²) in [7, 11) is -3.59. The Hall–Kier alpha value is -0.890. The minimum absolute atomic E-state index is 0.186. The molecule has 0 spiro atoms. The number of aryl methyl sites for hydroxylation is 1. The number of rotatable bonds is 5. The van der Waals surface area contributed by atoms with Crippen molar-refractivity contribution in [3.63, 3.8) is 0 Å². The topological polar surface area (TPSA) is 63.4 Å². The Bertz CT molecular complexity index is 650. The van der Waals surface area contributed by atoms with E-state index in [1.54, 1.807) is 26.0 Å². The third-order valence-corrected chi connectivity index (χ3v) is 6.34. The molecule has 0 saturated heterocycles. The summed E-state index contributed by atoms with van der Waals surface area (Å²) in [6.45, 7) is 3.95. The second kappa shape index (κ2) is 5.62. The van der Waals surface area contributed by atoms with Crippen LogP contribution in [-0.2, 0) is 16.6 Å². The van der Waals surface area contributed by atoms with Crippen LogP contribution in [0.5, 0.6) is 0 Å². The lowest BCUT2D eigenvalue weighted by Gasteiger charge is -2.18. The molecular formula is C11H13ClN2O3S2. The van der Waals surface area contributed by atoms with Crippen molar-refractivity contribution in [3.8, 4) is 0 Å². The zero-order chi connectivity index (χ0) is 14.0. The van der Waals surface area contributed by atoms with Gasteiger partial charge in [0.1, 0.15) is 5.76 Å². The van der Waals surface area contributed by atoms with Gasteiger partial charge in [0.15, 0.2) is 8.68 Å². The molecule has 0 radical (unpaired) electrons. The number of nitrogens with zero attached hydrogens (tertiary/aromatic N) is 2. The standard InChI is InChI=1S/C11H13ClN2O3S2/c1-3-14(7-9-5-4-6-17-9)19(15,16)10-8(2)13-11(12)18-10/h4-6H,3,7H2,1-2H3. The lowest BCUT2D eigenvalue weighted by Crippen LogP contribution is -2.30. The second-order valence-electron chi connectivity index (χ2n) is 3.85. The summed E-state index contributed by atoms with van der Waals surface area (Å²) in [5.41, 5.74) is 0.424. The SMILES string of the molecule is CCN(Cc1ccco1)S(=O)(=O)c1sc(Cl)nc1C. The minimum Gasteiger partial charge on any atom is -0.468 e. The normalized spacial score (nSPS) is 12.2. The van der Waals surface area contributed by atoms with Crippen molar-refractivity contribution in [1.82, 2.24) is 9.29 Å². The van der Waals surface area contributed by atoms with Gasteiger partial charge in [0, 0.05) is 6.54 Å². The minimum atomic E-state index is -3.59. The van der Waals surface area contributed by atoms with Crippen LogP contribution >= 0.6 is 22.9 Å². The highest BCUT2D eigenvalue weighted by Gasteiger charge is 2.28. The summed E-state index contributed by atoms with van der Waals surface area (Å²) in [6.07, 6.45) is 1.52. The molecule has 0 amide bonds. The fraction of sp³-hybridized carbons (Fsp3) is 0.364. The zero-order valence-corrected chi connectivity index (χ0v) is 12.8. The van der Waals surface area contributed by atoms with E-state index < -0.39 is 10.0 Å². The first-order valence-electron chi connectivity index (χ1n) is 5.60. The monoisotopic (exact) mass is 320 g/mol. The highest BCUT2D eigenvalue weighted by Crippen LogP contribution is 2.30. The van der Waals surface area contributed by atoms with E-state index in [0.29, 0.717) is 18.0 Å². The second-order valence-corrected chi connectivity index (χ2v) is 7.56. The average Bonchev–Trinajstić information content (AvgIpc) is 2.95. The third kappa shape index (κ3) is 3.00. The molecule has 0 aliphatic carbocycles. The molecule has 2 heterocycles. The maximum atomic E-state index is 12.5. The lowest BCUT2D eigenvalue weighted by atomic mass is 10.4. The van der Waals surface area contributed by atoms with Crippen molar-refractivity contribution in [1.29, 1.82) is 0 Å². The largest absolute Gasteiger partial charge is 0.468 e. The fourth-order valence-electron chi connectivity index (χ4n) is 1.65. The molecule has 2 rings (SSSR count). The van der Waals surface area contributed by atoms with Gasteiger partial charge in [-0.05, 0) is 19.1 Å². The molecule has 0 aromatic carbocycles. The van der Waals surface area contributed by atoms with Crippen LogP contribution in [-0.4, -0.2) is 24.3 Å². The van der Waals surface area contributed by atoms with Crippen molar-refractivity contribution >= 4 is 33.0 Å². The van der Waals surface area contributed by atoms with Gasteiger partial charge >= 0.3 is 0 Å². The molecule has 0 bridgehead atoms. The molecule has 2 aromatic rings. The van der Waals surface area contributed by atoms with Gasteiger partial charge < -0.3 is 4.42 Å². The van der Waals surface area contributed by atoms with E-state index in [2.05, 4.69) is 4.98 Å². The van der Waals surface area contributed by atoms with Crippen LogP contribution in [0.4, 0.5) is 0 Å². The van der Waals surface area contributed by atoms with E-state index in [1.807, 2.05) is 0 Å². The number of aromatic nitrogens is 1. The average molecular weight is 321 g/mol. The van der Waals surface area contributed by atoms with Crippen LogP contribution < -0.4 is 0 Å². The van der Waals surface area contributed by atoms with Crippen LogP contribution in [0.25, 0.3) is 0 Å². The van der Waals surface area contributed by atoms with Crippen LogP contribution in [0.2, 0.25) is 4.47 Å². The maximum absolute atomic E-state index is 12.5. The molecule has 0 N–H and O–H groups in total. The molecule has 19 heavy (non-hydrogen) atoms. The Morgan fingerprint density at radius 3 is 2.74 bits per heavy atom. The summed E-state index contributed by atoms with van der Waals surface area (Å²) < 4.78 is 32.0. The molecular weight excluding hydrogens is 308 g/mol. The number of thiazole rings is 1. The van der Waals surface area contributed by atoms with Crippen molar-refractivity contribution < 1.29 is 12.8 Å². The summed E-state index contributed by atoms with van der Waals surface area (Å²) >= 11 is 6.74. The first-order chi connectivity index (χ1) is 8.95. The molecule has 0 atom stereocenters. The van der Waals surface area contributed by atoms with E-state index in [4.69, 9.17) is 16.0 Å². The van der Waals surface area contributed by atoms with Gasteiger partial charge in [-0.25, -0.2) is 13.4 Å². The number of sulfonamides is 1. The van der Waals surface area contributed by atoms with Gasteiger partial charge in [-0.15, -0.1) is 0 Å². The molecule has 5 nitrogen and oxygen atoms in total. The van der Waals surface area contributed by atoms with Gasteiger partial charge in [0.25, 0.3) is 10.0 Å². The molecule has 104 valence electrons. The number of hydrogen-bond donors (Lipinski definition) is 0. The fourth-order valence-corrected chi connectivity index (χ4v) is 4.94. The number of halogens is 1. The Morgan fingerprint density at radius 2 is 2.26 bits per heavy atom. The number of hydrogen-bond acceptors (Lipinski definition) is 5. The lowest BCUT2D eigenvalue weighted by molar-refractivity contribution is 0.376. The van der Waals surface area contributed by atoms with Gasteiger partial charge in [-0.3, -0.25) is 0 Å². The van der Waals surface area contributed by atoms with E-state index >= 15 is 0 Å². The van der Waals surface area contributed by atoms with Gasteiger partial charge in [-0.1, -0.05) is 29.9 Å². The smallest absolute Gasteiger partial charge is 0.254 e. The first-order valence-corrected chi connectivity index (χ1v) is 8.24. The predicted molar refractivity (Wildman–Crippen MR) is 73.8 cm³/mol. The van der Waals surface area contributed by atoms with Crippen LogP contribution in [0, 0.1) is 6.92 Å².